The lowest BCUT2D eigenvalue weighted by molar-refractivity contribution is 0.0695. The molecular weight excluding hydrogens is 474 g/mol. The van der Waals surface area contributed by atoms with Crippen molar-refractivity contribution in [2.24, 2.45) is 0 Å². The van der Waals surface area contributed by atoms with E-state index in [1.54, 1.807) is 37.3 Å². The first-order chi connectivity index (χ1) is 17.9. The zero-order valence-electron chi connectivity index (χ0n) is 20.0. The molecule has 1 aliphatic rings. The van der Waals surface area contributed by atoms with Crippen LogP contribution in [0.5, 0.6) is 0 Å². The predicted molar refractivity (Wildman–Crippen MR) is 133 cm³/mol. The number of carbonyl (C=O) groups is 3. The second kappa shape index (κ2) is 9.82. The molecule has 0 spiro atoms. The lowest BCUT2D eigenvalue weighted by Crippen LogP contribution is -2.33. The van der Waals surface area contributed by atoms with E-state index in [1.165, 1.54) is 16.8 Å². The SMILES string of the molecule is Cc1c(C(=O)O)ccc2c1CC[C@@H]2NC(=O)c1cc(C(=O)N[C@@H](CO)c2ccccc2)nc2ccnn12. The van der Waals surface area contributed by atoms with Crippen molar-refractivity contribution in [3.8, 4) is 0 Å². The standard InChI is InChI=1S/C27H25N5O5/c1-15-17-9-10-20(19(17)8-7-18(15)27(36)37)30-26(35)23-13-21(29-24-11-12-28-32(23)24)25(34)31-22(14-33)16-5-3-2-4-6-16/h2-8,11-13,20,22,33H,9-10,14H2,1H3,(H,30,35)(H,31,34)(H,36,37)/t20-,22-/m0/s1. The van der Waals surface area contributed by atoms with Crippen LogP contribution in [0.1, 0.15) is 72.1 Å². The number of benzene rings is 2. The van der Waals surface area contributed by atoms with Crippen LogP contribution in [-0.4, -0.2) is 49.2 Å². The van der Waals surface area contributed by atoms with E-state index in [0.29, 0.717) is 24.1 Å². The third kappa shape index (κ3) is 4.54. The van der Waals surface area contributed by atoms with E-state index < -0.39 is 23.8 Å². The molecule has 0 aliphatic heterocycles. The smallest absolute Gasteiger partial charge is 0.335 e. The average molecular weight is 500 g/mol. The van der Waals surface area contributed by atoms with Crippen molar-refractivity contribution >= 4 is 23.4 Å². The third-order valence-electron chi connectivity index (χ3n) is 6.74. The van der Waals surface area contributed by atoms with Gasteiger partial charge in [-0.15, -0.1) is 0 Å². The van der Waals surface area contributed by atoms with Crippen molar-refractivity contribution < 1.29 is 24.6 Å². The quantitative estimate of drug-likeness (QED) is 0.306. The van der Waals surface area contributed by atoms with Gasteiger partial charge in [0, 0.05) is 12.1 Å². The van der Waals surface area contributed by atoms with Crippen LogP contribution in [0.4, 0.5) is 0 Å². The molecule has 10 nitrogen and oxygen atoms in total. The molecular formula is C27H25N5O5. The Morgan fingerprint density at radius 2 is 1.89 bits per heavy atom. The van der Waals surface area contributed by atoms with Crippen LogP contribution in [0.25, 0.3) is 5.65 Å². The Morgan fingerprint density at radius 1 is 1.11 bits per heavy atom. The number of carbonyl (C=O) groups excluding carboxylic acids is 2. The third-order valence-corrected chi connectivity index (χ3v) is 6.74. The van der Waals surface area contributed by atoms with Crippen molar-refractivity contribution in [3.05, 3.63) is 100.0 Å². The minimum Gasteiger partial charge on any atom is -0.478 e. The number of aromatic carboxylic acids is 1. The number of aromatic nitrogens is 3. The van der Waals surface area contributed by atoms with Crippen LogP contribution < -0.4 is 10.6 Å². The number of hydrogen-bond donors (Lipinski definition) is 4. The number of aliphatic hydroxyl groups is 1. The molecule has 2 heterocycles. The topological polar surface area (TPSA) is 146 Å². The number of hydrogen-bond acceptors (Lipinski definition) is 6. The Balaban J connectivity index is 1.41. The molecule has 2 aromatic heterocycles. The summed E-state index contributed by atoms with van der Waals surface area (Å²) in [4.78, 5) is 42.3. The molecule has 10 heteroatoms. The van der Waals surface area contributed by atoms with Gasteiger partial charge in [-0.05, 0) is 48.1 Å². The minimum absolute atomic E-state index is 0.0151. The summed E-state index contributed by atoms with van der Waals surface area (Å²) in [5.74, 6) is -1.96. The first-order valence-corrected chi connectivity index (χ1v) is 11.9. The highest BCUT2D eigenvalue weighted by Crippen LogP contribution is 2.35. The van der Waals surface area contributed by atoms with Crippen LogP contribution in [0, 0.1) is 6.92 Å². The van der Waals surface area contributed by atoms with Crippen LogP contribution in [0.15, 0.2) is 60.8 Å². The maximum Gasteiger partial charge on any atom is 0.335 e. The lowest BCUT2D eigenvalue weighted by Gasteiger charge is -2.18. The fraction of sp³-hybridized carbons (Fsp3) is 0.222. The monoisotopic (exact) mass is 499 g/mol. The van der Waals surface area contributed by atoms with Gasteiger partial charge >= 0.3 is 5.97 Å². The molecule has 0 fully saturated rings. The molecule has 1 aliphatic carbocycles. The second-order valence-electron chi connectivity index (χ2n) is 8.92. The number of fused-ring (bicyclic) bond motifs is 2. The van der Waals surface area contributed by atoms with Crippen LogP contribution >= 0.6 is 0 Å². The number of nitrogens with zero attached hydrogens (tertiary/aromatic N) is 3. The van der Waals surface area contributed by atoms with Crippen molar-refractivity contribution in [1.29, 1.82) is 0 Å². The number of carboxylic acid groups (broad SMARTS) is 1. The van der Waals surface area contributed by atoms with E-state index in [9.17, 15) is 24.6 Å². The molecule has 0 bridgehead atoms. The minimum atomic E-state index is -0.979. The highest BCUT2D eigenvalue weighted by molar-refractivity contribution is 5.98. The summed E-state index contributed by atoms with van der Waals surface area (Å²) in [6, 6.07) is 14.4. The number of aliphatic hydroxyl groups excluding tert-OH is 1. The van der Waals surface area contributed by atoms with E-state index in [0.717, 1.165) is 16.7 Å². The molecule has 2 amide bonds. The molecule has 0 saturated heterocycles. The molecule has 0 unspecified atom stereocenters. The summed E-state index contributed by atoms with van der Waals surface area (Å²) in [7, 11) is 0. The van der Waals surface area contributed by atoms with Gasteiger partial charge in [0.1, 0.15) is 11.4 Å². The summed E-state index contributed by atoms with van der Waals surface area (Å²) < 4.78 is 1.36. The summed E-state index contributed by atoms with van der Waals surface area (Å²) in [6.07, 6.45) is 2.76. The van der Waals surface area contributed by atoms with Crippen LogP contribution in [0.3, 0.4) is 0 Å². The van der Waals surface area contributed by atoms with Gasteiger partial charge in [-0.2, -0.15) is 5.10 Å². The first-order valence-electron chi connectivity index (χ1n) is 11.9. The molecule has 4 N–H and O–H groups in total. The van der Waals surface area contributed by atoms with Crippen molar-refractivity contribution in [1.82, 2.24) is 25.2 Å². The highest BCUT2D eigenvalue weighted by Gasteiger charge is 2.29. The summed E-state index contributed by atoms with van der Waals surface area (Å²) in [5.41, 5.74) is 3.98. The van der Waals surface area contributed by atoms with Crippen LogP contribution in [-0.2, 0) is 6.42 Å². The lowest BCUT2D eigenvalue weighted by atomic mass is 9.98. The Hall–Kier alpha value is -4.57. The maximum atomic E-state index is 13.4. The van der Waals surface area contributed by atoms with E-state index in [4.69, 9.17) is 0 Å². The molecule has 2 aromatic carbocycles. The van der Waals surface area contributed by atoms with Gasteiger partial charge in [-0.3, -0.25) is 9.59 Å². The maximum absolute atomic E-state index is 13.4. The Bertz CT molecular complexity index is 1510. The van der Waals surface area contributed by atoms with Gasteiger partial charge in [0.25, 0.3) is 11.8 Å². The number of amides is 2. The van der Waals surface area contributed by atoms with Crippen molar-refractivity contribution in [2.45, 2.75) is 31.8 Å². The average Bonchev–Trinajstić information content (AvgIpc) is 3.54. The van der Waals surface area contributed by atoms with Gasteiger partial charge in [-0.1, -0.05) is 36.4 Å². The normalized spacial score (nSPS) is 15.2. The fourth-order valence-corrected chi connectivity index (χ4v) is 4.84. The highest BCUT2D eigenvalue weighted by atomic mass is 16.4. The number of carboxylic acids is 1. The first kappa shape index (κ1) is 24.1. The largest absolute Gasteiger partial charge is 0.478 e. The second-order valence-corrected chi connectivity index (χ2v) is 8.92. The van der Waals surface area contributed by atoms with Gasteiger partial charge in [0.15, 0.2) is 5.65 Å². The molecule has 188 valence electrons. The van der Waals surface area contributed by atoms with E-state index in [2.05, 4.69) is 20.7 Å². The van der Waals surface area contributed by atoms with Crippen molar-refractivity contribution in [2.75, 3.05) is 6.61 Å². The van der Waals surface area contributed by atoms with Gasteiger partial charge in [0.05, 0.1) is 30.5 Å². The summed E-state index contributed by atoms with van der Waals surface area (Å²) >= 11 is 0. The van der Waals surface area contributed by atoms with Gasteiger partial charge in [0.2, 0.25) is 0 Å². The zero-order valence-corrected chi connectivity index (χ0v) is 20.0. The van der Waals surface area contributed by atoms with E-state index in [1.807, 2.05) is 18.2 Å². The van der Waals surface area contributed by atoms with Crippen molar-refractivity contribution in [3.63, 3.8) is 0 Å². The molecule has 37 heavy (non-hydrogen) atoms. The Morgan fingerprint density at radius 3 is 2.62 bits per heavy atom. The van der Waals surface area contributed by atoms with Crippen LogP contribution in [0.2, 0.25) is 0 Å². The summed E-state index contributed by atoms with van der Waals surface area (Å²) in [6.45, 7) is 1.48. The van der Waals surface area contributed by atoms with E-state index in [-0.39, 0.29) is 29.6 Å². The molecule has 4 aromatic rings. The zero-order chi connectivity index (χ0) is 26.1. The predicted octanol–water partition coefficient (Wildman–Crippen LogP) is 2.62. The summed E-state index contributed by atoms with van der Waals surface area (Å²) in [5, 5.41) is 29.2. The van der Waals surface area contributed by atoms with E-state index >= 15 is 0 Å². The Labute approximate surface area is 212 Å². The Kier molecular flexibility index (Phi) is 6.41. The number of nitrogens with one attached hydrogen (secondary N) is 2. The molecule has 0 saturated carbocycles. The van der Waals surface area contributed by atoms with Gasteiger partial charge in [-0.25, -0.2) is 14.3 Å². The molecule has 2 atom stereocenters. The fourth-order valence-electron chi connectivity index (χ4n) is 4.84. The molecule has 5 rings (SSSR count). The number of rotatable bonds is 7. The molecule has 0 radical (unpaired) electrons. The van der Waals surface area contributed by atoms with Gasteiger partial charge < -0.3 is 20.8 Å².